The van der Waals surface area contributed by atoms with Gasteiger partial charge in [-0.2, -0.15) is 10.1 Å². The van der Waals surface area contributed by atoms with Gasteiger partial charge in [0.1, 0.15) is 0 Å². The quantitative estimate of drug-likeness (QED) is 0.878. The van der Waals surface area contributed by atoms with E-state index in [2.05, 4.69) is 53.4 Å². The number of rotatable bonds is 4. The van der Waals surface area contributed by atoms with Crippen molar-refractivity contribution in [1.29, 1.82) is 0 Å². The molecule has 8 heteroatoms. The van der Waals surface area contributed by atoms with Crippen LogP contribution in [-0.2, 0) is 15.3 Å². The lowest BCUT2D eigenvalue weighted by Crippen LogP contribution is -2.34. The van der Waals surface area contributed by atoms with E-state index in [4.69, 9.17) is 0 Å². The summed E-state index contributed by atoms with van der Waals surface area (Å²) >= 11 is 0. The van der Waals surface area contributed by atoms with Crippen LogP contribution in [0, 0.1) is 0 Å². The minimum absolute atomic E-state index is 0.104. The fourth-order valence-corrected chi connectivity index (χ4v) is 4.72. The summed E-state index contributed by atoms with van der Waals surface area (Å²) in [6, 6.07) is 8.09. The SMILES string of the molecule is CN(c1nncc(Nc2ccc(C(C)(C)C)cc2)n1)C1CCS(=O)(=O)C1. The summed E-state index contributed by atoms with van der Waals surface area (Å²) in [4.78, 5) is 6.27. The molecule has 1 unspecified atom stereocenters. The van der Waals surface area contributed by atoms with Gasteiger partial charge < -0.3 is 10.2 Å². The number of nitrogens with one attached hydrogen (secondary N) is 1. The van der Waals surface area contributed by atoms with Crippen LogP contribution in [0.3, 0.4) is 0 Å². The maximum atomic E-state index is 11.7. The molecule has 0 bridgehead atoms. The first-order valence-electron chi connectivity index (χ1n) is 8.65. The van der Waals surface area contributed by atoms with Crippen molar-refractivity contribution < 1.29 is 8.42 Å². The summed E-state index contributed by atoms with van der Waals surface area (Å²) in [7, 11) is -1.15. The van der Waals surface area contributed by atoms with Crippen LogP contribution < -0.4 is 10.2 Å². The highest BCUT2D eigenvalue weighted by Crippen LogP contribution is 2.25. The lowest BCUT2D eigenvalue weighted by Gasteiger charge is -2.23. The van der Waals surface area contributed by atoms with Gasteiger partial charge in [-0.1, -0.05) is 32.9 Å². The maximum absolute atomic E-state index is 11.7. The van der Waals surface area contributed by atoms with Crippen molar-refractivity contribution >= 4 is 27.3 Å². The Morgan fingerprint density at radius 1 is 1.19 bits per heavy atom. The van der Waals surface area contributed by atoms with Crippen LogP contribution in [0.2, 0.25) is 0 Å². The smallest absolute Gasteiger partial charge is 0.247 e. The molecule has 1 N–H and O–H groups in total. The van der Waals surface area contributed by atoms with Crippen molar-refractivity contribution in [1.82, 2.24) is 15.2 Å². The fraction of sp³-hybridized carbons (Fsp3) is 0.500. The molecule has 0 saturated carbocycles. The molecule has 26 heavy (non-hydrogen) atoms. The number of sulfone groups is 1. The van der Waals surface area contributed by atoms with Crippen molar-refractivity contribution in [3.63, 3.8) is 0 Å². The molecular weight excluding hydrogens is 350 g/mol. The topological polar surface area (TPSA) is 88.1 Å². The molecule has 7 nitrogen and oxygen atoms in total. The van der Waals surface area contributed by atoms with Crippen LogP contribution in [0.15, 0.2) is 30.5 Å². The predicted molar refractivity (Wildman–Crippen MR) is 104 cm³/mol. The molecule has 1 atom stereocenters. The van der Waals surface area contributed by atoms with E-state index in [1.165, 1.54) is 5.56 Å². The highest BCUT2D eigenvalue weighted by atomic mass is 32.2. The van der Waals surface area contributed by atoms with Gasteiger partial charge in [-0.3, -0.25) is 0 Å². The Labute approximate surface area is 154 Å². The second-order valence-electron chi connectivity index (χ2n) is 7.76. The molecule has 2 aromatic rings. The lowest BCUT2D eigenvalue weighted by molar-refractivity contribution is 0.590. The molecule has 0 amide bonds. The normalized spacial score (nSPS) is 19.3. The number of nitrogens with zero attached hydrogens (tertiary/aromatic N) is 4. The number of aromatic nitrogens is 3. The first-order valence-corrected chi connectivity index (χ1v) is 10.5. The molecule has 2 heterocycles. The summed E-state index contributed by atoms with van der Waals surface area (Å²) in [6.07, 6.45) is 2.15. The largest absolute Gasteiger partial charge is 0.339 e. The maximum Gasteiger partial charge on any atom is 0.247 e. The molecule has 1 fully saturated rings. The Kier molecular flexibility index (Phi) is 4.88. The molecule has 1 aromatic heterocycles. The van der Waals surface area contributed by atoms with E-state index in [1.54, 1.807) is 11.1 Å². The number of anilines is 3. The van der Waals surface area contributed by atoms with Gasteiger partial charge in [-0.25, -0.2) is 8.42 Å². The third kappa shape index (κ3) is 4.30. The van der Waals surface area contributed by atoms with Gasteiger partial charge in [0.15, 0.2) is 15.7 Å². The fourth-order valence-electron chi connectivity index (χ4n) is 2.95. The Balaban J connectivity index is 1.73. The van der Waals surface area contributed by atoms with E-state index < -0.39 is 9.84 Å². The Morgan fingerprint density at radius 3 is 2.46 bits per heavy atom. The van der Waals surface area contributed by atoms with Crippen LogP contribution in [0.5, 0.6) is 0 Å². The molecule has 3 rings (SSSR count). The molecule has 0 radical (unpaired) electrons. The second-order valence-corrected chi connectivity index (χ2v) is 9.99. The summed E-state index contributed by atoms with van der Waals surface area (Å²) in [5.41, 5.74) is 2.27. The molecule has 0 aliphatic carbocycles. The third-order valence-corrected chi connectivity index (χ3v) is 6.39. The van der Waals surface area contributed by atoms with Gasteiger partial charge in [-0.15, -0.1) is 5.10 Å². The zero-order valence-electron chi connectivity index (χ0n) is 15.6. The zero-order valence-corrected chi connectivity index (χ0v) is 16.4. The highest BCUT2D eigenvalue weighted by molar-refractivity contribution is 7.91. The standard InChI is InChI=1S/C18H25N5O2S/c1-18(2,3)13-5-7-14(8-6-13)20-16-11-19-22-17(21-16)23(4)15-9-10-26(24,25)12-15/h5-8,11,15H,9-10,12H2,1-4H3,(H,20,21,22). The first-order chi connectivity index (χ1) is 12.1. The van der Waals surface area contributed by atoms with Gasteiger partial charge in [0.2, 0.25) is 5.95 Å². The molecule has 1 aromatic carbocycles. The average molecular weight is 375 g/mol. The Hall–Kier alpha value is -2.22. The van der Waals surface area contributed by atoms with E-state index in [1.807, 2.05) is 19.2 Å². The van der Waals surface area contributed by atoms with Crippen LogP contribution >= 0.6 is 0 Å². The second kappa shape index (κ2) is 6.83. The van der Waals surface area contributed by atoms with Crippen LogP contribution in [0.4, 0.5) is 17.5 Å². The van der Waals surface area contributed by atoms with Crippen molar-refractivity contribution in [3.8, 4) is 0 Å². The minimum Gasteiger partial charge on any atom is -0.339 e. The molecule has 0 spiro atoms. The van der Waals surface area contributed by atoms with E-state index in [9.17, 15) is 8.42 Å². The van der Waals surface area contributed by atoms with Crippen LogP contribution in [0.1, 0.15) is 32.8 Å². The molecular formula is C18H25N5O2S. The Bertz CT molecular complexity index is 875. The van der Waals surface area contributed by atoms with Gasteiger partial charge in [-0.05, 0) is 29.5 Å². The molecule has 1 aliphatic heterocycles. The van der Waals surface area contributed by atoms with E-state index >= 15 is 0 Å². The highest BCUT2D eigenvalue weighted by Gasteiger charge is 2.32. The summed E-state index contributed by atoms with van der Waals surface area (Å²) in [5.74, 6) is 1.35. The summed E-state index contributed by atoms with van der Waals surface area (Å²) < 4.78 is 23.4. The van der Waals surface area contributed by atoms with Crippen LogP contribution in [0.25, 0.3) is 0 Å². The van der Waals surface area contributed by atoms with Gasteiger partial charge in [0.25, 0.3) is 0 Å². The Morgan fingerprint density at radius 2 is 1.88 bits per heavy atom. The van der Waals surface area contributed by atoms with Crippen molar-refractivity contribution in [2.24, 2.45) is 0 Å². The van der Waals surface area contributed by atoms with Crippen molar-refractivity contribution in [2.45, 2.75) is 38.6 Å². The van der Waals surface area contributed by atoms with E-state index in [0.29, 0.717) is 18.2 Å². The van der Waals surface area contributed by atoms with Crippen LogP contribution in [-0.4, -0.2) is 48.2 Å². The first kappa shape index (κ1) is 18.6. The number of hydrogen-bond acceptors (Lipinski definition) is 7. The zero-order chi connectivity index (χ0) is 18.9. The van der Waals surface area contributed by atoms with Gasteiger partial charge >= 0.3 is 0 Å². The van der Waals surface area contributed by atoms with E-state index in [-0.39, 0.29) is 23.0 Å². The number of benzene rings is 1. The molecule has 140 valence electrons. The lowest BCUT2D eigenvalue weighted by atomic mass is 9.87. The third-order valence-electron chi connectivity index (χ3n) is 4.64. The van der Waals surface area contributed by atoms with Gasteiger partial charge in [0, 0.05) is 18.8 Å². The summed E-state index contributed by atoms with van der Waals surface area (Å²) in [5, 5.41) is 11.3. The van der Waals surface area contributed by atoms with Gasteiger partial charge in [0.05, 0.1) is 17.7 Å². The van der Waals surface area contributed by atoms with Crippen molar-refractivity contribution in [2.75, 3.05) is 28.8 Å². The predicted octanol–water partition coefficient (Wildman–Crippen LogP) is 2.54. The average Bonchev–Trinajstić information content (AvgIpc) is 2.94. The van der Waals surface area contributed by atoms with E-state index in [0.717, 1.165) is 5.69 Å². The number of hydrogen-bond donors (Lipinski definition) is 1. The molecule has 1 aliphatic rings. The minimum atomic E-state index is -2.96. The monoisotopic (exact) mass is 375 g/mol. The van der Waals surface area contributed by atoms with Crippen molar-refractivity contribution in [3.05, 3.63) is 36.0 Å². The molecule has 1 saturated heterocycles. The summed E-state index contributed by atoms with van der Waals surface area (Å²) in [6.45, 7) is 6.53.